The van der Waals surface area contributed by atoms with Crippen LogP contribution in [0.1, 0.15) is 58.8 Å². The highest BCUT2D eigenvalue weighted by molar-refractivity contribution is 5.76. The van der Waals surface area contributed by atoms with Crippen LogP contribution < -0.4 is 11.1 Å². The molecule has 0 aromatic rings. The first-order chi connectivity index (χ1) is 9.65. The van der Waals surface area contributed by atoms with Gasteiger partial charge in [-0.2, -0.15) is 0 Å². The second-order valence-electron chi connectivity index (χ2n) is 6.25. The number of nitrogens with one attached hydrogen (secondary N) is 1. The van der Waals surface area contributed by atoms with Gasteiger partial charge in [0, 0.05) is 19.0 Å². The van der Waals surface area contributed by atoms with Crippen LogP contribution in [-0.4, -0.2) is 43.0 Å². The molecule has 1 amide bonds. The number of nitrogens with zero attached hydrogens (tertiary/aromatic N) is 1. The minimum absolute atomic E-state index is 0.204. The van der Waals surface area contributed by atoms with Crippen LogP contribution in [0.2, 0.25) is 0 Å². The van der Waals surface area contributed by atoms with Crippen LogP contribution >= 0.6 is 0 Å². The van der Waals surface area contributed by atoms with Crippen LogP contribution in [0, 0.1) is 5.92 Å². The van der Waals surface area contributed by atoms with E-state index in [4.69, 9.17) is 5.73 Å². The number of carbonyl (C=O) groups is 1. The molecule has 4 nitrogen and oxygen atoms in total. The molecule has 2 atom stereocenters. The zero-order chi connectivity index (χ0) is 14.8. The zero-order valence-corrected chi connectivity index (χ0v) is 13.4. The number of hydrogen-bond donors (Lipinski definition) is 2. The number of nitrogens with two attached hydrogens (primary N) is 1. The van der Waals surface area contributed by atoms with E-state index in [-0.39, 0.29) is 11.9 Å². The first-order valence-corrected chi connectivity index (χ1v) is 8.37. The van der Waals surface area contributed by atoms with Crippen molar-refractivity contribution in [1.29, 1.82) is 0 Å². The fourth-order valence-electron chi connectivity index (χ4n) is 3.16. The van der Waals surface area contributed by atoms with Crippen molar-refractivity contribution in [2.45, 2.75) is 64.8 Å². The first kappa shape index (κ1) is 17.4. The molecule has 1 heterocycles. The second-order valence-corrected chi connectivity index (χ2v) is 6.25. The second kappa shape index (κ2) is 10.2. The van der Waals surface area contributed by atoms with Crippen molar-refractivity contribution in [3.05, 3.63) is 0 Å². The van der Waals surface area contributed by atoms with Gasteiger partial charge in [0.15, 0.2) is 0 Å². The summed E-state index contributed by atoms with van der Waals surface area (Å²) in [5.41, 5.74) is 5.63. The van der Waals surface area contributed by atoms with Gasteiger partial charge in [-0.05, 0) is 58.2 Å². The van der Waals surface area contributed by atoms with Crippen LogP contribution in [0.3, 0.4) is 0 Å². The van der Waals surface area contributed by atoms with Gasteiger partial charge >= 0.3 is 0 Å². The Hall–Kier alpha value is -0.610. The molecular weight excluding hydrogens is 250 g/mol. The van der Waals surface area contributed by atoms with E-state index < -0.39 is 0 Å². The number of hydrogen-bond acceptors (Lipinski definition) is 3. The number of likely N-dealkylation sites (tertiary alicyclic amines) is 1. The summed E-state index contributed by atoms with van der Waals surface area (Å²) in [4.78, 5) is 14.4. The Labute approximate surface area is 124 Å². The summed E-state index contributed by atoms with van der Waals surface area (Å²) < 4.78 is 0. The Morgan fingerprint density at radius 3 is 2.55 bits per heavy atom. The summed E-state index contributed by atoms with van der Waals surface area (Å²) in [6.45, 7) is 8.41. The Kier molecular flexibility index (Phi) is 8.86. The maximum absolute atomic E-state index is 12.0. The summed E-state index contributed by atoms with van der Waals surface area (Å²) in [7, 11) is 0. The lowest BCUT2D eigenvalue weighted by molar-refractivity contribution is -0.122. The highest BCUT2D eigenvalue weighted by atomic mass is 16.1. The average molecular weight is 283 g/mol. The van der Waals surface area contributed by atoms with Gasteiger partial charge < -0.3 is 16.0 Å². The first-order valence-electron chi connectivity index (χ1n) is 8.37. The maximum Gasteiger partial charge on any atom is 0.220 e. The summed E-state index contributed by atoms with van der Waals surface area (Å²) in [6, 6.07) is 0.264. The van der Waals surface area contributed by atoms with Gasteiger partial charge in [-0.25, -0.2) is 0 Å². The number of rotatable bonds is 10. The molecule has 20 heavy (non-hydrogen) atoms. The largest absolute Gasteiger partial charge is 0.352 e. The smallest absolute Gasteiger partial charge is 0.220 e. The molecule has 4 heteroatoms. The summed E-state index contributed by atoms with van der Waals surface area (Å²) in [5, 5.41) is 3.13. The molecule has 0 radical (unpaired) electrons. The molecule has 3 N–H and O–H groups in total. The lowest BCUT2D eigenvalue weighted by Crippen LogP contribution is -2.41. The van der Waals surface area contributed by atoms with Gasteiger partial charge in [0.2, 0.25) is 5.91 Å². The molecule has 1 aliphatic heterocycles. The van der Waals surface area contributed by atoms with E-state index in [9.17, 15) is 4.79 Å². The van der Waals surface area contributed by atoms with Crippen molar-refractivity contribution in [3.63, 3.8) is 0 Å². The molecule has 2 unspecified atom stereocenters. The lowest BCUT2D eigenvalue weighted by Gasteiger charge is -2.21. The Bertz CT molecular complexity index is 258. The van der Waals surface area contributed by atoms with Crippen molar-refractivity contribution < 1.29 is 4.79 Å². The van der Waals surface area contributed by atoms with Gasteiger partial charge in [0.1, 0.15) is 0 Å². The highest BCUT2D eigenvalue weighted by Gasteiger charge is 2.16. The summed E-state index contributed by atoms with van der Waals surface area (Å²) >= 11 is 0. The quantitative estimate of drug-likeness (QED) is 0.646. The third kappa shape index (κ3) is 7.25. The summed E-state index contributed by atoms with van der Waals surface area (Å²) in [6.07, 6.45) is 7.65. The molecule has 1 aliphatic rings. The molecule has 1 saturated heterocycles. The van der Waals surface area contributed by atoms with E-state index in [1.54, 1.807) is 0 Å². The molecule has 0 aromatic carbocycles. The van der Waals surface area contributed by atoms with Crippen LogP contribution in [0.5, 0.6) is 0 Å². The molecular formula is C16H33N3O. The third-order valence-electron chi connectivity index (χ3n) is 4.19. The van der Waals surface area contributed by atoms with E-state index in [0.717, 1.165) is 25.9 Å². The van der Waals surface area contributed by atoms with E-state index in [1.165, 1.54) is 38.8 Å². The normalized spacial score (nSPS) is 18.9. The van der Waals surface area contributed by atoms with Gasteiger partial charge in [0.25, 0.3) is 0 Å². The number of carbonyl (C=O) groups excluding carboxylic acids is 1. The Morgan fingerprint density at radius 1 is 1.25 bits per heavy atom. The van der Waals surface area contributed by atoms with Crippen LogP contribution in [0.15, 0.2) is 0 Å². The SMILES string of the molecule is CCCC(CCN)CCC(=O)NC(C)CN1CCCC1. The predicted molar refractivity (Wildman–Crippen MR) is 84.6 cm³/mol. The van der Waals surface area contributed by atoms with Gasteiger partial charge in [-0.3, -0.25) is 4.79 Å². The maximum atomic E-state index is 12.0. The monoisotopic (exact) mass is 283 g/mol. The molecule has 118 valence electrons. The van der Waals surface area contributed by atoms with E-state index in [1.807, 2.05) is 0 Å². The van der Waals surface area contributed by atoms with E-state index in [2.05, 4.69) is 24.1 Å². The van der Waals surface area contributed by atoms with E-state index >= 15 is 0 Å². The van der Waals surface area contributed by atoms with Gasteiger partial charge in [-0.1, -0.05) is 19.8 Å². The minimum Gasteiger partial charge on any atom is -0.352 e. The molecule has 1 fully saturated rings. The van der Waals surface area contributed by atoms with Crippen molar-refractivity contribution >= 4 is 5.91 Å². The molecule has 0 spiro atoms. The predicted octanol–water partition coefficient (Wildman–Crippen LogP) is 2.13. The van der Waals surface area contributed by atoms with Crippen molar-refractivity contribution in [3.8, 4) is 0 Å². The fraction of sp³-hybridized carbons (Fsp3) is 0.938. The Morgan fingerprint density at radius 2 is 1.95 bits per heavy atom. The average Bonchev–Trinajstić information content (AvgIpc) is 2.89. The molecule has 0 bridgehead atoms. The fourth-order valence-corrected chi connectivity index (χ4v) is 3.16. The molecule has 0 aliphatic carbocycles. The van der Waals surface area contributed by atoms with Crippen molar-refractivity contribution in [1.82, 2.24) is 10.2 Å². The van der Waals surface area contributed by atoms with Crippen LogP contribution in [0.4, 0.5) is 0 Å². The van der Waals surface area contributed by atoms with E-state index in [0.29, 0.717) is 12.3 Å². The Balaban J connectivity index is 2.17. The van der Waals surface area contributed by atoms with Crippen LogP contribution in [0.25, 0.3) is 0 Å². The number of amides is 1. The molecule has 0 saturated carbocycles. The summed E-state index contributed by atoms with van der Waals surface area (Å²) in [5.74, 6) is 0.819. The minimum atomic E-state index is 0.204. The topological polar surface area (TPSA) is 58.4 Å². The van der Waals surface area contributed by atoms with Crippen LogP contribution in [-0.2, 0) is 4.79 Å². The molecule has 0 aromatic heterocycles. The lowest BCUT2D eigenvalue weighted by atomic mass is 9.94. The van der Waals surface area contributed by atoms with Gasteiger partial charge in [0.05, 0.1) is 0 Å². The molecule has 1 rings (SSSR count). The highest BCUT2D eigenvalue weighted by Crippen LogP contribution is 2.17. The van der Waals surface area contributed by atoms with Crippen molar-refractivity contribution in [2.75, 3.05) is 26.2 Å². The standard InChI is InChI=1S/C16H33N3O/c1-3-6-15(9-10-17)7-8-16(20)18-14(2)13-19-11-4-5-12-19/h14-15H,3-13,17H2,1-2H3,(H,18,20). The van der Waals surface area contributed by atoms with Gasteiger partial charge in [-0.15, -0.1) is 0 Å². The van der Waals surface area contributed by atoms with Crippen molar-refractivity contribution in [2.24, 2.45) is 11.7 Å². The zero-order valence-electron chi connectivity index (χ0n) is 13.4. The third-order valence-corrected chi connectivity index (χ3v) is 4.19.